The average molecular weight is 389 g/mol. The molecule has 4 aromatic heterocycles. The third-order valence-corrected chi connectivity index (χ3v) is 5.05. The third kappa shape index (κ3) is 2.58. The van der Waals surface area contributed by atoms with Gasteiger partial charge in [-0.25, -0.2) is 14.5 Å². The first-order chi connectivity index (χ1) is 14.9. The first kappa shape index (κ1) is 16.6. The molecule has 0 saturated carbocycles. The van der Waals surface area contributed by atoms with Gasteiger partial charge in [0.1, 0.15) is 12.1 Å². The van der Waals surface area contributed by atoms with Crippen LogP contribution in [0.3, 0.4) is 0 Å². The highest BCUT2D eigenvalue weighted by Crippen LogP contribution is 2.41. The quantitative estimate of drug-likeness (QED) is 0.413. The molecule has 30 heavy (non-hydrogen) atoms. The molecule has 6 heteroatoms. The fourth-order valence-electron chi connectivity index (χ4n) is 3.69. The molecule has 0 aliphatic carbocycles. The molecule has 0 N–H and O–H groups in total. The van der Waals surface area contributed by atoms with Crippen LogP contribution in [0.4, 0.5) is 0 Å². The molecule has 0 unspecified atom stereocenters. The van der Waals surface area contributed by atoms with E-state index in [1.165, 1.54) is 0 Å². The number of nitrogens with zero attached hydrogens (tertiary/aromatic N) is 5. The Morgan fingerprint density at radius 3 is 2.23 bits per heavy atom. The summed E-state index contributed by atoms with van der Waals surface area (Å²) in [6, 6.07) is 24.0. The molecule has 6 rings (SSSR count). The summed E-state index contributed by atoms with van der Waals surface area (Å²) in [6.07, 6.45) is 5.12. The van der Waals surface area contributed by atoms with E-state index in [1.54, 1.807) is 23.2 Å². The van der Waals surface area contributed by atoms with E-state index in [2.05, 4.69) is 27.2 Å². The molecule has 0 saturated heterocycles. The summed E-state index contributed by atoms with van der Waals surface area (Å²) < 4.78 is 7.95. The lowest BCUT2D eigenvalue weighted by molar-refractivity contribution is 0.617. The van der Waals surface area contributed by atoms with Gasteiger partial charge in [0.05, 0.1) is 5.39 Å². The van der Waals surface area contributed by atoms with Gasteiger partial charge >= 0.3 is 0 Å². The zero-order chi connectivity index (χ0) is 19.9. The minimum atomic E-state index is 0.533. The maximum atomic E-state index is 6.26. The largest absolute Gasteiger partial charge is 0.437 e. The van der Waals surface area contributed by atoms with Gasteiger partial charge in [-0.1, -0.05) is 60.7 Å². The Morgan fingerprint density at radius 1 is 0.767 bits per heavy atom. The van der Waals surface area contributed by atoms with Crippen molar-refractivity contribution in [3.8, 4) is 33.8 Å². The highest BCUT2D eigenvalue weighted by atomic mass is 16.3. The molecule has 0 amide bonds. The van der Waals surface area contributed by atoms with E-state index < -0.39 is 0 Å². The molecule has 0 spiro atoms. The number of fused-ring (bicyclic) bond motifs is 3. The Balaban J connectivity index is 1.70. The minimum Gasteiger partial charge on any atom is -0.437 e. The summed E-state index contributed by atoms with van der Waals surface area (Å²) in [7, 11) is 0. The molecule has 0 aliphatic heterocycles. The predicted molar refractivity (Wildman–Crippen MR) is 115 cm³/mol. The summed E-state index contributed by atoms with van der Waals surface area (Å²) in [4.78, 5) is 13.5. The predicted octanol–water partition coefficient (Wildman–Crippen LogP) is 5.27. The Kier molecular flexibility index (Phi) is 3.67. The Morgan fingerprint density at radius 2 is 1.50 bits per heavy atom. The smallest absolute Gasteiger partial charge is 0.232 e. The fraction of sp³-hybridized carbons (Fsp3) is 0. The molecule has 0 radical (unpaired) electrons. The maximum absolute atomic E-state index is 6.26. The highest BCUT2D eigenvalue weighted by molar-refractivity contribution is 6.07. The summed E-state index contributed by atoms with van der Waals surface area (Å²) >= 11 is 0. The van der Waals surface area contributed by atoms with Crippen molar-refractivity contribution in [3.63, 3.8) is 0 Å². The summed E-state index contributed by atoms with van der Waals surface area (Å²) in [5.41, 5.74) is 5.06. The van der Waals surface area contributed by atoms with Crippen molar-refractivity contribution < 1.29 is 4.42 Å². The molecule has 142 valence electrons. The monoisotopic (exact) mass is 389 g/mol. The topological polar surface area (TPSA) is 69.1 Å². The summed E-state index contributed by atoms with van der Waals surface area (Å²) in [5.74, 6) is 1.36. The Labute approximate surface area is 171 Å². The van der Waals surface area contributed by atoms with Crippen LogP contribution in [0.25, 0.3) is 50.6 Å². The number of rotatable bonds is 3. The third-order valence-electron chi connectivity index (χ3n) is 5.05. The highest BCUT2D eigenvalue weighted by Gasteiger charge is 2.22. The van der Waals surface area contributed by atoms with Gasteiger partial charge < -0.3 is 4.42 Å². The second-order valence-electron chi connectivity index (χ2n) is 6.91. The van der Waals surface area contributed by atoms with Crippen molar-refractivity contribution in [1.29, 1.82) is 0 Å². The number of benzene rings is 2. The molecule has 6 aromatic rings. The van der Waals surface area contributed by atoms with Crippen LogP contribution in [0, 0.1) is 0 Å². The van der Waals surface area contributed by atoms with Crippen molar-refractivity contribution in [2.75, 3.05) is 0 Å². The van der Waals surface area contributed by atoms with E-state index in [1.807, 2.05) is 60.7 Å². The van der Waals surface area contributed by atoms with Gasteiger partial charge in [0.25, 0.3) is 0 Å². The van der Waals surface area contributed by atoms with Gasteiger partial charge in [-0.2, -0.15) is 0 Å². The standard InChI is InChI=1S/C24H15N5O/c1-3-8-16(9-4-1)19-20-23-27-22(18-12-7-13-25-14-18)28-29(23)15-26-24(20)30-21(19)17-10-5-2-6-11-17/h1-15H. The van der Waals surface area contributed by atoms with Gasteiger partial charge in [0.15, 0.2) is 11.5 Å². The Hall–Kier alpha value is -4.32. The van der Waals surface area contributed by atoms with Gasteiger partial charge in [-0.15, -0.1) is 5.10 Å². The van der Waals surface area contributed by atoms with Crippen LogP contribution in [0.2, 0.25) is 0 Å². The van der Waals surface area contributed by atoms with E-state index in [0.717, 1.165) is 33.4 Å². The van der Waals surface area contributed by atoms with Crippen molar-refractivity contribution in [3.05, 3.63) is 91.5 Å². The molecular weight excluding hydrogens is 374 g/mol. The number of hydrogen-bond acceptors (Lipinski definition) is 5. The second kappa shape index (κ2) is 6.63. The zero-order valence-corrected chi connectivity index (χ0v) is 15.8. The molecule has 0 fully saturated rings. The van der Waals surface area contributed by atoms with Crippen LogP contribution in [0.5, 0.6) is 0 Å². The van der Waals surface area contributed by atoms with Crippen molar-refractivity contribution in [2.45, 2.75) is 0 Å². The van der Waals surface area contributed by atoms with Crippen LogP contribution in [0.15, 0.2) is 95.9 Å². The van der Waals surface area contributed by atoms with Gasteiger partial charge in [-0.3, -0.25) is 4.98 Å². The average Bonchev–Trinajstić information content (AvgIpc) is 3.42. The van der Waals surface area contributed by atoms with Crippen molar-refractivity contribution >= 4 is 16.7 Å². The van der Waals surface area contributed by atoms with Crippen LogP contribution in [-0.4, -0.2) is 24.6 Å². The van der Waals surface area contributed by atoms with Crippen molar-refractivity contribution in [1.82, 2.24) is 24.6 Å². The SMILES string of the molecule is c1ccc(-c2oc3ncn4nc(-c5cccnc5)nc4c3c2-c2ccccc2)cc1. The normalized spacial score (nSPS) is 11.3. The minimum absolute atomic E-state index is 0.533. The van der Waals surface area contributed by atoms with Gasteiger partial charge in [0.2, 0.25) is 5.71 Å². The zero-order valence-electron chi connectivity index (χ0n) is 15.8. The summed E-state index contributed by atoms with van der Waals surface area (Å²) in [6.45, 7) is 0. The lowest BCUT2D eigenvalue weighted by atomic mass is 9.99. The van der Waals surface area contributed by atoms with E-state index in [9.17, 15) is 0 Å². The van der Waals surface area contributed by atoms with Gasteiger partial charge in [0, 0.05) is 29.1 Å². The van der Waals surface area contributed by atoms with Crippen molar-refractivity contribution in [2.24, 2.45) is 0 Å². The van der Waals surface area contributed by atoms with E-state index in [4.69, 9.17) is 9.40 Å². The van der Waals surface area contributed by atoms with E-state index in [0.29, 0.717) is 17.2 Å². The van der Waals surface area contributed by atoms with Crippen LogP contribution < -0.4 is 0 Å². The lowest BCUT2D eigenvalue weighted by Crippen LogP contribution is -1.90. The number of pyridine rings is 1. The number of aromatic nitrogens is 5. The molecule has 0 aliphatic rings. The summed E-state index contributed by atoms with van der Waals surface area (Å²) in [5, 5.41) is 5.45. The van der Waals surface area contributed by atoms with Crippen LogP contribution in [-0.2, 0) is 0 Å². The molecule has 0 atom stereocenters. The van der Waals surface area contributed by atoms with Crippen LogP contribution in [0.1, 0.15) is 0 Å². The molecule has 2 aromatic carbocycles. The molecule has 4 heterocycles. The number of furan rings is 1. The van der Waals surface area contributed by atoms with Crippen LogP contribution >= 0.6 is 0 Å². The first-order valence-electron chi connectivity index (χ1n) is 9.57. The fourth-order valence-corrected chi connectivity index (χ4v) is 3.69. The second-order valence-corrected chi connectivity index (χ2v) is 6.91. The number of hydrogen-bond donors (Lipinski definition) is 0. The Bertz CT molecular complexity index is 1470. The molecule has 0 bridgehead atoms. The first-order valence-corrected chi connectivity index (χ1v) is 9.57. The lowest BCUT2D eigenvalue weighted by Gasteiger charge is -2.03. The molecule has 6 nitrogen and oxygen atoms in total. The van der Waals surface area contributed by atoms with Gasteiger partial charge in [-0.05, 0) is 17.7 Å². The van der Waals surface area contributed by atoms with E-state index >= 15 is 0 Å². The molecular formula is C24H15N5O. The van der Waals surface area contributed by atoms with E-state index in [-0.39, 0.29) is 0 Å². The maximum Gasteiger partial charge on any atom is 0.232 e.